The molecule has 12 nitrogen and oxygen atoms in total. The standard InChI is InChI=1S/C33H26N10O2/c1-42-21-25(20-39-42)23-9-14-29(36-18-23)43(33(45)38-17-22-6-3-2-4-7-22)27-12-10-26(11-13-27)40-32-37-19-24(16-34)30(41-32)28-8-5-15-35-31(28)44/h2-15,18-21H,17H2,1H3,(H,35,44)(H,38,45)(H,37,40,41). The van der Waals surface area contributed by atoms with Gasteiger partial charge in [-0.3, -0.25) is 4.68 Å². The molecule has 0 aliphatic rings. The second kappa shape index (κ2) is 12.7. The number of nitrogens with zero attached hydrogens (tertiary/aromatic N) is 8. The minimum Gasteiger partial charge on any atom is -0.493 e. The molecule has 4 aromatic heterocycles. The molecule has 0 saturated heterocycles. The molecule has 6 rings (SSSR count). The third kappa shape index (κ3) is 6.42. The van der Waals surface area contributed by atoms with Gasteiger partial charge >= 0.3 is 6.03 Å². The van der Waals surface area contributed by atoms with Crippen molar-refractivity contribution in [1.82, 2.24) is 35.0 Å². The molecule has 45 heavy (non-hydrogen) atoms. The van der Waals surface area contributed by atoms with Crippen LogP contribution in [0.1, 0.15) is 11.1 Å². The summed E-state index contributed by atoms with van der Waals surface area (Å²) in [6, 6.07) is 25.4. The van der Waals surface area contributed by atoms with Gasteiger partial charge in [-0.15, -0.1) is 0 Å². The van der Waals surface area contributed by atoms with E-state index >= 15 is 0 Å². The number of hydrogen-bond acceptors (Lipinski definition) is 9. The van der Waals surface area contributed by atoms with Gasteiger partial charge < -0.3 is 15.7 Å². The van der Waals surface area contributed by atoms with Crippen molar-refractivity contribution in [3.8, 4) is 34.3 Å². The number of carbonyl (C=O) groups excluding carboxylic acids is 1. The Hall–Kier alpha value is -6.61. The minimum atomic E-state index is -0.350. The largest absolute Gasteiger partial charge is 0.493 e. The quantitative estimate of drug-likeness (QED) is 0.201. The molecule has 0 aliphatic heterocycles. The van der Waals surface area contributed by atoms with Gasteiger partial charge in [-0.05, 0) is 54.1 Å². The number of aromatic hydroxyl groups is 1. The van der Waals surface area contributed by atoms with Crippen LogP contribution in [0.5, 0.6) is 5.88 Å². The number of urea groups is 1. The third-order valence-electron chi connectivity index (χ3n) is 6.84. The fourth-order valence-electron chi connectivity index (χ4n) is 4.60. The summed E-state index contributed by atoms with van der Waals surface area (Å²) >= 11 is 0. The molecule has 220 valence electrons. The van der Waals surface area contributed by atoms with Crippen molar-refractivity contribution < 1.29 is 9.90 Å². The third-order valence-corrected chi connectivity index (χ3v) is 6.84. The van der Waals surface area contributed by atoms with Gasteiger partial charge in [-0.1, -0.05) is 30.3 Å². The number of aromatic nitrogens is 6. The fraction of sp³-hybridized carbons (Fsp3) is 0.0606. The Kier molecular flexibility index (Phi) is 8.06. The highest BCUT2D eigenvalue weighted by molar-refractivity contribution is 5.98. The number of rotatable bonds is 8. The first kappa shape index (κ1) is 28.5. The van der Waals surface area contributed by atoms with Crippen LogP contribution in [-0.4, -0.2) is 40.9 Å². The highest BCUT2D eigenvalue weighted by atomic mass is 16.3. The summed E-state index contributed by atoms with van der Waals surface area (Å²) in [5.74, 6) is 0.408. The molecule has 3 N–H and O–H groups in total. The maximum Gasteiger partial charge on any atom is 0.327 e. The molecule has 6 aromatic rings. The number of hydrogen-bond donors (Lipinski definition) is 3. The molecule has 4 heterocycles. The molecule has 0 saturated carbocycles. The highest BCUT2D eigenvalue weighted by Gasteiger charge is 2.20. The van der Waals surface area contributed by atoms with Crippen molar-refractivity contribution in [2.75, 3.05) is 10.2 Å². The normalized spacial score (nSPS) is 10.6. The second-order valence-electron chi connectivity index (χ2n) is 9.90. The predicted octanol–water partition coefficient (Wildman–Crippen LogP) is 5.70. The molecular formula is C33H26N10O2. The molecule has 2 aromatic carbocycles. The molecule has 0 fully saturated rings. The topological polar surface area (TPSA) is 158 Å². The first-order chi connectivity index (χ1) is 22.0. The van der Waals surface area contributed by atoms with Crippen LogP contribution in [0.25, 0.3) is 22.4 Å². The highest BCUT2D eigenvalue weighted by Crippen LogP contribution is 2.30. The van der Waals surface area contributed by atoms with E-state index in [0.717, 1.165) is 16.7 Å². The molecule has 0 radical (unpaired) electrons. The molecule has 12 heteroatoms. The zero-order valence-electron chi connectivity index (χ0n) is 24.0. The Morgan fingerprint density at radius 2 is 1.76 bits per heavy atom. The molecule has 0 unspecified atom stereocenters. The fourth-order valence-corrected chi connectivity index (χ4v) is 4.60. The number of anilines is 4. The number of nitrogens with one attached hydrogen (secondary N) is 2. The summed E-state index contributed by atoms with van der Waals surface area (Å²) in [5, 5.41) is 30.1. The van der Waals surface area contributed by atoms with Crippen molar-refractivity contribution in [1.29, 1.82) is 5.26 Å². The number of amides is 2. The average molecular weight is 595 g/mol. The van der Waals surface area contributed by atoms with Crippen LogP contribution >= 0.6 is 0 Å². The van der Waals surface area contributed by atoms with E-state index in [-0.39, 0.29) is 29.1 Å². The summed E-state index contributed by atoms with van der Waals surface area (Å²) in [6.07, 6.45) is 8.19. The second-order valence-corrected chi connectivity index (χ2v) is 9.90. The number of aryl methyl sites for hydroxylation is 1. The monoisotopic (exact) mass is 594 g/mol. The van der Waals surface area contributed by atoms with Crippen molar-refractivity contribution in [3.05, 3.63) is 121 Å². The van der Waals surface area contributed by atoms with Crippen molar-refractivity contribution in [2.24, 2.45) is 7.05 Å². The zero-order valence-corrected chi connectivity index (χ0v) is 24.0. The Morgan fingerprint density at radius 3 is 2.44 bits per heavy atom. The van der Waals surface area contributed by atoms with E-state index in [1.54, 1.807) is 59.5 Å². The van der Waals surface area contributed by atoms with Crippen LogP contribution in [0.3, 0.4) is 0 Å². The summed E-state index contributed by atoms with van der Waals surface area (Å²) in [4.78, 5) is 32.3. The molecule has 0 spiro atoms. The molecule has 0 aliphatic carbocycles. The number of nitriles is 1. The van der Waals surface area contributed by atoms with Gasteiger partial charge in [-0.2, -0.15) is 10.4 Å². The van der Waals surface area contributed by atoms with E-state index in [1.807, 2.05) is 55.7 Å². The van der Waals surface area contributed by atoms with Crippen molar-refractivity contribution in [3.63, 3.8) is 0 Å². The van der Waals surface area contributed by atoms with Gasteiger partial charge in [0.2, 0.25) is 11.8 Å². The van der Waals surface area contributed by atoms with Crippen LogP contribution in [0.4, 0.5) is 27.9 Å². The summed E-state index contributed by atoms with van der Waals surface area (Å²) in [5.41, 5.74) is 4.72. The lowest BCUT2D eigenvalue weighted by Crippen LogP contribution is -2.37. The minimum absolute atomic E-state index is 0.193. The summed E-state index contributed by atoms with van der Waals surface area (Å²) in [7, 11) is 1.85. The van der Waals surface area contributed by atoms with E-state index < -0.39 is 0 Å². The molecular weight excluding hydrogens is 568 g/mol. The van der Waals surface area contributed by atoms with Crippen molar-refractivity contribution in [2.45, 2.75) is 6.54 Å². The van der Waals surface area contributed by atoms with E-state index in [0.29, 0.717) is 29.3 Å². The van der Waals surface area contributed by atoms with E-state index in [4.69, 9.17) is 0 Å². The smallest absolute Gasteiger partial charge is 0.327 e. The number of benzene rings is 2. The van der Waals surface area contributed by atoms with Gasteiger partial charge in [0, 0.05) is 49.0 Å². The SMILES string of the molecule is Cn1cc(-c2ccc(N(C(=O)NCc3ccccc3)c3ccc(Nc4ncc(C#N)c(-c5cccnc5O)n4)cc3)nc2)cn1. The number of carbonyl (C=O) groups is 1. The maximum absolute atomic E-state index is 13.6. The lowest BCUT2D eigenvalue weighted by Gasteiger charge is -2.23. The van der Waals surface area contributed by atoms with Crippen LogP contribution in [0, 0.1) is 11.3 Å². The van der Waals surface area contributed by atoms with Crippen LogP contribution < -0.4 is 15.5 Å². The van der Waals surface area contributed by atoms with Gasteiger partial charge in [0.15, 0.2) is 0 Å². The first-order valence-electron chi connectivity index (χ1n) is 13.8. The van der Waals surface area contributed by atoms with Gasteiger partial charge in [0.05, 0.1) is 34.9 Å². The number of pyridine rings is 2. The van der Waals surface area contributed by atoms with Crippen LogP contribution in [0.15, 0.2) is 110 Å². The van der Waals surface area contributed by atoms with Crippen LogP contribution in [-0.2, 0) is 13.6 Å². The van der Waals surface area contributed by atoms with Gasteiger partial charge in [0.25, 0.3) is 0 Å². The Morgan fingerprint density at radius 1 is 0.933 bits per heavy atom. The van der Waals surface area contributed by atoms with E-state index in [2.05, 4.69) is 35.7 Å². The predicted molar refractivity (Wildman–Crippen MR) is 169 cm³/mol. The summed E-state index contributed by atoms with van der Waals surface area (Å²) in [6.45, 7) is 0.342. The Bertz CT molecular complexity index is 1990. The summed E-state index contributed by atoms with van der Waals surface area (Å²) < 4.78 is 1.72. The van der Waals surface area contributed by atoms with E-state index in [9.17, 15) is 15.2 Å². The maximum atomic E-state index is 13.6. The molecule has 0 atom stereocenters. The lowest BCUT2D eigenvalue weighted by molar-refractivity contribution is 0.248. The molecule has 2 amide bonds. The van der Waals surface area contributed by atoms with Crippen LogP contribution in [0.2, 0.25) is 0 Å². The van der Waals surface area contributed by atoms with Gasteiger partial charge in [-0.25, -0.2) is 29.6 Å². The average Bonchev–Trinajstić information content (AvgIpc) is 3.52. The Balaban J connectivity index is 1.27. The van der Waals surface area contributed by atoms with Crippen molar-refractivity contribution >= 4 is 29.2 Å². The van der Waals surface area contributed by atoms with E-state index in [1.165, 1.54) is 17.3 Å². The lowest BCUT2D eigenvalue weighted by atomic mass is 10.1. The Labute approximate surface area is 258 Å². The first-order valence-corrected chi connectivity index (χ1v) is 13.8. The van der Waals surface area contributed by atoms with Gasteiger partial charge in [0.1, 0.15) is 11.9 Å². The zero-order chi connectivity index (χ0) is 31.2. The molecule has 0 bridgehead atoms.